The van der Waals surface area contributed by atoms with Gasteiger partial charge in [-0.3, -0.25) is 62.3 Å². The Hall–Kier alpha value is -9.34. The van der Waals surface area contributed by atoms with Crippen molar-refractivity contribution in [1.29, 1.82) is 0 Å². The van der Waals surface area contributed by atoms with Crippen molar-refractivity contribution in [3.63, 3.8) is 0 Å². The Morgan fingerprint density at radius 1 is 0.607 bits per heavy atom. The second-order valence-corrected chi connectivity index (χ2v) is 31.0. The highest BCUT2D eigenvalue weighted by molar-refractivity contribution is 7.98. The zero-order valence-electron chi connectivity index (χ0n) is 61.6. The number of primary amides is 1. The molecule has 584 valence electrons. The molecular weight excluding hydrogens is 1420 g/mol. The van der Waals surface area contributed by atoms with Gasteiger partial charge < -0.3 is 89.8 Å². The molecule has 2 unspecified atom stereocenters. The Bertz CT molecular complexity index is 3770. The SMILES string of the molecule is CCC[C@@H]1NC(=O)[C@H](Cc2c[nH]c3ncccc23)NC(=O)[C@@H]([C@@H](C)O)NC(=O)[C@@H]2CCCNC(=O)CCC(NC1=O)C(=O)N[C@@H](Cc1ccc(O)cc1)C(=O)N[C@@H](C1CCCCC1)C(=O)N[C@@H]([C@@H](C)O)C(=O)N[C@@H](C(N)=O)CSCc1cccc(c1)CSCCC(=O)NC(C(C)(C)C)C(=O)N[C@@H](C)C(=O)NC2. The Balaban J connectivity index is 1.26. The number of amides is 13. The molecule has 13 atom stereocenters. The fraction of sp³-hybridized carbons (Fsp3) is 0.568. The smallest absolute Gasteiger partial charge is 0.245 e. The van der Waals surface area contributed by atoms with E-state index in [1.807, 2.05) is 24.3 Å². The standard InChI is InChI=1S/C74H105N15O16S2/c1-8-15-51-66(98)82-52-26-27-56(93)76-29-13-20-47(65(97)87-58(41(3)90)70(102)84-54(68(100)81-51)34-48-36-78-63-50(48)21-14-30-77-63)35-79-64(96)40(2)80-73(105)61(74(5,6)7)86-57(94)28-31-106-37-44-16-12-17-45(32-44)38-107-39-55(62(75)95)85-71(103)59(42(4)91)88-72(104)60(46-18-10-9-11-19-46)89-69(101)53(83-67(52)99)33-43-22-24-49(92)25-23-43/h12,14,16-17,21-25,30,32,36,40-42,46-47,51-55,58-61,90-92H,8-11,13,15,18-20,26-29,31,33-35,37-39H2,1-7H3,(H2,75,95)(H,76,93)(H,77,78)(H,79,96)(H,80,105)(H,81,100)(H,82,98)(H,83,99)(H,84,102)(H,85,103)(H,86,94)(H,87,97)(H,88,104)(H,89,101)/t40-,41+,42+,47+,51-,52?,53-,54-,55+,58+,59-,60-,61?/m0/s1. The molecule has 2 fully saturated rings. The molecular formula is C74H105N15O16S2. The van der Waals surface area contributed by atoms with Gasteiger partial charge in [0.05, 0.1) is 18.1 Å². The van der Waals surface area contributed by atoms with Crippen LogP contribution in [0.1, 0.15) is 148 Å². The number of nitrogens with two attached hydrogens (primary N) is 1. The molecule has 1 saturated carbocycles. The minimum atomic E-state index is -1.74. The summed E-state index contributed by atoms with van der Waals surface area (Å²) in [5.74, 6) is -11.5. The highest BCUT2D eigenvalue weighted by Gasteiger charge is 2.41. The predicted octanol–water partition coefficient (Wildman–Crippen LogP) is 0.588. The number of carbonyl (C=O) groups excluding carboxylic acids is 13. The van der Waals surface area contributed by atoms with Crippen molar-refractivity contribution in [3.8, 4) is 5.75 Å². The van der Waals surface area contributed by atoms with Gasteiger partial charge in [-0.1, -0.05) is 89.8 Å². The molecule has 0 spiro atoms. The Morgan fingerprint density at radius 2 is 1.23 bits per heavy atom. The van der Waals surface area contributed by atoms with Gasteiger partial charge >= 0.3 is 0 Å². The number of phenolic OH excluding ortho intramolecular Hbond substituents is 1. The van der Waals surface area contributed by atoms with Gasteiger partial charge in [0, 0.05) is 79.6 Å². The first-order valence-electron chi connectivity index (χ1n) is 36.5. The third-order valence-electron chi connectivity index (χ3n) is 19.0. The zero-order valence-corrected chi connectivity index (χ0v) is 63.3. The normalized spacial score (nSPS) is 26.3. The largest absolute Gasteiger partial charge is 0.508 e. The van der Waals surface area contributed by atoms with Crippen molar-refractivity contribution < 1.29 is 77.6 Å². The van der Waals surface area contributed by atoms with E-state index in [2.05, 4.69) is 73.8 Å². The molecule has 33 heteroatoms. The number of H-pyrrole nitrogens is 1. The number of thioether (sulfide) groups is 2. The summed E-state index contributed by atoms with van der Waals surface area (Å²) in [4.78, 5) is 194. The van der Waals surface area contributed by atoms with Crippen molar-refractivity contribution in [3.05, 3.63) is 95.3 Å². The quantitative estimate of drug-likeness (QED) is 0.103. The number of carbonyl (C=O) groups is 13. The number of hydrogen-bond acceptors (Lipinski definition) is 19. The number of benzene rings is 2. The Labute approximate surface area is 630 Å². The number of aromatic amines is 1. The number of hydrogen-bond donors (Lipinski definition) is 17. The monoisotopic (exact) mass is 1520 g/mol. The molecule has 3 aliphatic rings. The lowest BCUT2D eigenvalue weighted by molar-refractivity contribution is -0.137. The third kappa shape index (κ3) is 26.2. The number of aromatic nitrogens is 2. The van der Waals surface area contributed by atoms with Crippen molar-refractivity contribution in [1.82, 2.24) is 73.8 Å². The van der Waals surface area contributed by atoms with Gasteiger partial charge in [-0.15, -0.1) is 0 Å². The van der Waals surface area contributed by atoms with Crippen molar-refractivity contribution in [2.24, 2.45) is 23.0 Å². The van der Waals surface area contributed by atoms with Crippen molar-refractivity contribution in [2.45, 2.75) is 222 Å². The number of nitrogens with one attached hydrogen (secondary N) is 13. The van der Waals surface area contributed by atoms with Gasteiger partial charge in [0.2, 0.25) is 76.8 Å². The second kappa shape index (κ2) is 41.1. The molecule has 2 aromatic heterocycles. The van der Waals surface area contributed by atoms with Gasteiger partial charge in [-0.2, -0.15) is 23.5 Å². The van der Waals surface area contributed by atoms with Gasteiger partial charge in [-0.05, 0) is 117 Å². The maximum Gasteiger partial charge on any atom is 0.245 e. The number of aromatic hydroxyl groups is 1. The maximum absolute atomic E-state index is 15.2. The highest BCUT2D eigenvalue weighted by Crippen LogP contribution is 2.28. The molecule has 31 nitrogen and oxygen atoms in total. The average Bonchev–Trinajstić information content (AvgIpc) is 1.80. The molecule has 2 aliphatic heterocycles. The van der Waals surface area contributed by atoms with E-state index < -0.39 is 186 Å². The lowest BCUT2D eigenvalue weighted by Gasteiger charge is -2.33. The highest BCUT2D eigenvalue weighted by atomic mass is 32.2. The summed E-state index contributed by atoms with van der Waals surface area (Å²) in [6, 6.07) is 2.01. The topological polar surface area (TPSA) is 482 Å². The first-order valence-corrected chi connectivity index (χ1v) is 38.8. The summed E-state index contributed by atoms with van der Waals surface area (Å²) in [5.41, 5.74) is 8.11. The van der Waals surface area contributed by atoms with Gasteiger partial charge in [0.25, 0.3) is 0 Å². The number of nitrogens with zero attached hydrogens (tertiary/aromatic N) is 1. The van der Waals surface area contributed by atoms with E-state index >= 15 is 9.59 Å². The third-order valence-corrected chi connectivity index (χ3v) is 21.1. The van der Waals surface area contributed by atoms with Gasteiger partial charge in [-0.25, -0.2) is 4.98 Å². The summed E-state index contributed by atoms with van der Waals surface area (Å²) >= 11 is 2.75. The summed E-state index contributed by atoms with van der Waals surface area (Å²) in [6.07, 6.45) is 1.77. The van der Waals surface area contributed by atoms with Crippen LogP contribution in [0.4, 0.5) is 0 Å². The number of rotatable bonds is 10. The molecule has 107 heavy (non-hydrogen) atoms. The maximum atomic E-state index is 15.2. The number of pyridine rings is 1. The first kappa shape index (κ1) is 84.9. The van der Waals surface area contributed by atoms with E-state index in [0.29, 0.717) is 65.1 Å². The summed E-state index contributed by atoms with van der Waals surface area (Å²) < 4.78 is 0. The van der Waals surface area contributed by atoms with Crippen LogP contribution in [-0.4, -0.2) is 199 Å². The molecule has 4 heterocycles. The fourth-order valence-corrected chi connectivity index (χ4v) is 14.8. The summed E-state index contributed by atoms with van der Waals surface area (Å²) in [5, 5.41) is 65.6. The Kier molecular flexibility index (Phi) is 32.6. The van der Waals surface area contributed by atoms with E-state index in [0.717, 1.165) is 17.5 Å². The molecule has 0 radical (unpaired) electrons. The van der Waals surface area contributed by atoms with Crippen LogP contribution in [0.5, 0.6) is 5.75 Å². The van der Waals surface area contributed by atoms with E-state index in [9.17, 15) is 68.1 Å². The molecule has 4 bridgehead atoms. The van der Waals surface area contributed by atoms with Crippen LogP contribution in [-0.2, 0) is 86.7 Å². The van der Waals surface area contributed by atoms with Crippen LogP contribution in [0.15, 0.2) is 73.1 Å². The molecule has 18 N–H and O–H groups in total. The second-order valence-electron chi connectivity index (χ2n) is 28.8. The van der Waals surface area contributed by atoms with E-state index in [1.165, 1.54) is 68.6 Å². The number of fused-ring (bicyclic) bond motifs is 11. The molecule has 4 aromatic rings. The minimum absolute atomic E-state index is 0.0162. The van der Waals surface area contributed by atoms with Crippen LogP contribution in [0.25, 0.3) is 11.0 Å². The van der Waals surface area contributed by atoms with Gasteiger partial charge in [0.1, 0.15) is 71.8 Å². The fourth-order valence-electron chi connectivity index (χ4n) is 12.9. The summed E-state index contributed by atoms with van der Waals surface area (Å²) in [6.45, 7) is 10.4. The number of aliphatic hydroxyl groups is 2. The number of aliphatic hydroxyl groups excluding tert-OH is 2. The molecule has 2 aromatic carbocycles. The molecule has 13 amide bonds. The molecule has 7 rings (SSSR count). The van der Waals surface area contributed by atoms with Crippen LogP contribution in [0.2, 0.25) is 0 Å². The van der Waals surface area contributed by atoms with E-state index in [1.54, 1.807) is 52.2 Å². The lowest BCUT2D eigenvalue weighted by Crippen LogP contribution is -2.63. The zero-order chi connectivity index (χ0) is 78.1. The van der Waals surface area contributed by atoms with Crippen LogP contribution in [0.3, 0.4) is 0 Å². The summed E-state index contributed by atoms with van der Waals surface area (Å²) in [7, 11) is 0. The number of phenols is 1. The van der Waals surface area contributed by atoms with Crippen LogP contribution >= 0.6 is 23.5 Å². The van der Waals surface area contributed by atoms with Crippen LogP contribution in [0, 0.1) is 17.3 Å². The molecule has 1 aliphatic carbocycles. The average molecular weight is 1520 g/mol. The lowest BCUT2D eigenvalue weighted by atomic mass is 9.83. The first-order chi connectivity index (χ1) is 50.9. The van der Waals surface area contributed by atoms with Crippen LogP contribution < -0.4 is 69.5 Å². The van der Waals surface area contributed by atoms with Gasteiger partial charge in [0.15, 0.2) is 0 Å². The van der Waals surface area contributed by atoms with E-state index in [4.69, 9.17) is 5.73 Å². The molecule has 1 saturated heterocycles. The predicted molar refractivity (Wildman–Crippen MR) is 401 cm³/mol. The van der Waals surface area contributed by atoms with Crippen molar-refractivity contribution >= 4 is 111 Å². The Morgan fingerprint density at radius 3 is 1.90 bits per heavy atom. The van der Waals surface area contributed by atoms with Crippen molar-refractivity contribution in [2.75, 3.05) is 24.6 Å². The van der Waals surface area contributed by atoms with E-state index in [-0.39, 0.29) is 63.0 Å². The minimum Gasteiger partial charge on any atom is -0.508 e.